The maximum absolute atomic E-state index is 12.5. The topological polar surface area (TPSA) is 104 Å². The Labute approximate surface area is 154 Å². The second-order valence-electron chi connectivity index (χ2n) is 6.25. The van der Waals surface area contributed by atoms with Gasteiger partial charge in [-0.25, -0.2) is 0 Å². The molecule has 9 nitrogen and oxygen atoms in total. The molecule has 4 heterocycles. The molecule has 0 atom stereocenters. The summed E-state index contributed by atoms with van der Waals surface area (Å²) in [7, 11) is 0. The first kappa shape index (κ1) is 17.0. The van der Waals surface area contributed by atoms with Crippen LogP contribution in [-0.4, -0.2) is 76.0 Å². The fourth-order valence-electron chi connectivity index (χ4n) is 3.21. The zero-order valence-corrected chi connectivity index (χ0v) is 14.3. The Balaban J connectivity index is 1.36. The molecule has 0 N–H and O–H groups in total. The van der Waals surface area contributed by atoms with E-state index in [-0.39, 0.29) is 35.4 Å². The number of piperazine rings is 1. The number of fused-ring (bicyclic) bond motifs is 1. The Morgan fingerprint density at radius 3 is 2.41 bits per heavy atom. The van der Waals surface area contributed by atoms with Gasteiger partial charge in [0.15, 0.2) is 5.76 Å². The van der Waals surface area contributed by atoms with Crippen molar-refractivity contribution in [2.75, 3.05) is 32.7 Å². The van der Waals surface area contributed by atoms with Crippen molar-refractivity contribution >= 4 is 23.6 Å². The third-order valence-corrected chi connectivity index (χ3v) is 4.68. The van der Waals surface area contributed by atoms with E-state index in [0.717, 1.165) is 4.90 Å². The minimum Gasteiger partial charge on any atom is -0.459 e. The maximum atomic E-state index is 12.5. The standard InChI is InChI=1S/C18H16N4O5/c23-14(11-22-16(24)12-3-1-5-19-15(12)18(22)26)20-6-8-21(9-7-20)17(25)13-4-2-10-27-13/h1-5,10H,6-9,11H2. The lowest BCUT2D eigenvalue weighted by molar-refractivity contribution is -0.132. The quantitative estimate of drug-likeness (QED) is 0.720. The average Bonchev–Trinajstić information content (AvgIpc) is 3.32. The lowest BCUT2D eigenvalue weighted by Gasteiger charge is -2.34. The zero-order valence-electron chi connectivity index (χ0n) is 14.3. The van der Waals surface area contributed by atoms with E-state index in [2.05, 4.69) is 4.98 Å². The number of aromatic nitrogens is 1. The van der Waals surface area contributed by atoms with Gasteiger partial charge in [-0.3, -0.25) is 29.1 Å². The van der Waals surface area contributed by atoms with Crippen molar-refractivity contribution in [1.29, 1.82) is 0 Å². The Bertz CT molecular complexity index is 881. The molecular formula is C18H16N4O5. The van der Waals surface area contributed by atoms with Gasteiger partial charge >= 0.3 is 0 Å². The predicted molar refractivity (Wildman–Crippen MR) is 90.8 cm³/mol. The van der Waals surface area contributed by atoms with Crippen molar-refractivity contribution in [2.24, 2.45) is 0 Å². The van der Waals surface area contributed by atoms with Crippen molar-refractivity contribution in [3.63, 3.8) is 0 Å². The first-order valence-corrected chi connectivity index (χ1v) is 8.48. The molecule has 0 radical (unpaired) electrons. The number of pyridine rings is 1. The van der Waals surface area contributed by atoms with Crippen LogP contribution in [0.4, 0.5) is 0 Å². The number of carbonyl (C=O) groups excluding carboxylic acids is 4. The van der Waals surface area contributed by atoms with Gasteiger partial charge in [0.1, 0.15) is 12.2 Å². The minimum absolute atomic E-state index is 0.0733. The van der Waals surface area contributed by atoms with Gasteiger partial charge in [0.2, 0.25) is 5.91 Å². The third-order valence-electron chi connectivity index (χ3n) is 4.68. The summed E-state index contributed by atoms with van der Waals surface area (Å²) in [6, 6.07) is 6.33. The van der Waals surface area contributed by atoms with Crippen LogP contribution >= 0.6 is 0 Å². The predicted octanol–water partition coefficient (Wildman–Crippen LogP) is 0.255. The second kappa shape index (κ2) is 6.67. The second-order valence-corrected chi connectivity index (χ2v) is 6.25. The fraction of sp³-hybridized carbons (Fsp3) is 0.278. The van der Waals surface area contributed by atoms with E-state index >= 15 is 0 Å². The number of hydrogen-bond acceptors (Lipinski definition) is 6. The largest absolute Gasteiger partial charge is 0.459 e. The van der Waals surface area contributed by atoms with E-state index < -0.39 is 11.8 Å². The number of rotatable bonds is 3. The maximum Gasteiger partial charge on any atom is 0.289 e. The van der Waals surface area contributed by atoms with Crippen molar-refractivity contribution < 1.29 is 23.6 Å². The number of amides is 4. The molecule has 2 aromatic heterocycles. The van der Waals surface area contributed by atoms with Gasteiger partial charge in [-0.1, -0.05) is 0 Å². The molecule has 4 rings (SSSR count). The molecule has 4 amide bonds. The Kier molecular flexibility index (Phi) is 4.19. The van der Waals surface area contributed by atoms with Gasteiger partial charge in [-0.05, 0) is 24.3 Å². The molecule has 2 aliphatic heterocycles. The molecular weight excluding hydrogens is 352 g/mol. The molecule has 2 aliphatic rings. The van der Waals surface area contributed by atoms with Crippen molar-refractivity contribution in [3.8, 4) is 0 Å². The highest BCUT2D eigenvalue weighted by molar-refractivity contribution is 6.21. The van der Waals surface area contributed by atoms with Crippen LogP contribution in [0.2, 0.25) is 0 Å². The molecule has 0 bridgehead atoms. The van der Waals surface area contributed by atoms with Crippen LogP contribution in [-0.2, 0) is 4.79 Å². The SMILES string of the molecule is O=C(CN1C(=O)c2cccnc2C1=O)N1CCN(C(=O)c2ccco2)CC1. The molecule has 0 aromatic carbocycles. The number of imide groups is 1. The minimum atomic E-state index is -0.560. The zero-order chi connectivity index (χ0) is 19.0. The number of hydrogen-bond donors (Lipinski definition) is 0. The fourth-order valence-corrected chi connectivity index (χ4v) is 3.21. The summed E-state index contributed by atoms with van der Waals surface area (Å²) in [5.41, 5.74) is 0.285. The smallest absolute Gasteiger partial charge is 0.289 e. The molecule has 0 saturated carbocycles. The molecule has 0 unspecified atom stereocenters. The molecule has 0 spiro atoms. The van der Waals surface area contributed by atoms with Crippen LogP contribution < -0.4 is 0 Å². The lowest BCUT2D eigenvalue weighted by atomic mass is 10.2. The summed E-state index contributed by atoms with van der Waals surface area (Å²) in [4.78, 5) is 57.4. The van der Waals surface area contributed by atoms with E-state index in [1.165, 1.54) is 18.5 Å². The summed E-state index contributed by atoms with van der Waals surface area (Å²) in [6.07, 6.45) is 2.87. The number of furan rings is 1. The number of carbonyl (C=O) groups is 4. The van der Waals surface area contributed by atoms with E-state index in [9.17, 15) is 19.2 Å². The van der Waals surface area contributed by atoms with E-state index in [4.69, 9.17) is 4.42 Å². The Morgan fingerprint density at radius 1 is 1.00 bits per heavy atom. The number of nitrogens with zero attached hydrogens (tertiary/aromatic N) is 4. The summed E-state index contributed by atoms with van der Waals surface area (Å²) in [6.45, 7) is 1.03. The molecule has 9 heteroatoms. The average molecular weight is 368 g/mol. The van der Waals surface area contributed by atoms with Gasteiger partial charge < -0.3 is 14.2 Å². The Hall–Kier alpha value is -3.49. The monoisotopic (exact) mass is 368 g/mol. The van der Waals surface area contributed by atoms with Gasteiger partial charge in [0.05, 0.1) is 11.8 Å². The van der Waals surface area contributed by atoms with E-state index in [0.29, 0.717) is 26.2 Å². The van der Waals surface area contributed by atoms with Crippen LogP contribution in [0.5, 0.6) is 0 Å². The summed E-state index contributed by atoms with van der Waals surface area (Å²) in [5, 5.41) is 0. The molecule has 1 saturated heterocycles. The highest BCUT2D eigenvalue weighted by Gasteiger charge is 2.38. The normalized spacial score (nSPS) is 16.7. The van der Waals surface area contributed by atoms with Gasteiger partial charge in [0.25, 0.3) is 17.7 Å². The van der Waals surface area contributed by atoms with Crippen LogP contribution in [0.1, 0.15) is 31.4 Å². The van der Waals surface area contributed by atoms with Crippen LogP contribution in [0.3, 0.4) is 0 Å². The van der Waals surface area contributed by atoms with Crippen molar-refractivity contribution in [3.05, 3.63) is 53.7 Å². The summed E-state index contributed by atoms with van der Waals surface area (Å²) >= 11 is 0. The van der Waals surface area contributed by atoms with Gasteiger partial charge in [-0.15, -0.1) is 0 Å². The molecule has 27 heavy (non-hydrogen) atoms. The van der Waals surface area contributed by atoms with E-state index in [1.54, 1.807) is 28.0 Å². The molecule has 0 aliphatic carbocycles. The van der Waals surface area contributed by atoms with Gasteiger partial charge in [-0.2, -0.15) is 0 Å². The molecule has 138 valence electrons. The first-order valence-electron chi connectivity index (χ1n) is 8.48. The third kappa shape index (κ3) is 2.97. The molecule has 2 aromatic rings. The van der Waals surface area contributed by atoms with Crippen molar-refractivity contribution in [1.82, 2.24) is 19.7 Å². The van der Waals surface area contributed by atoms with Gasteiger partial charge in [0, 0.05) is 32.4 Å². The highest BCUT2D eigenvalue weighted by atomic mass is 16.3. The summed E-state index contributed by atoms with van der Waals surface area (Å²) in [5.74, 6) is -1.37. The van der Waals surface area contributed by atoms with E-state index in [1.807, 2.05) is 0 Å². The lowest BCUT2D eigenvalue weighted by Crippen LogP contribution is -2.53. The Morgan fingerprint density at radius 2 is 1.74 bits per heavy atom. The first-order chi connectivity index (χ1) is 13.1. The van der Waals surface area contributed by atoms with Crippen molar-refractivity contribution in [2.45, 2.75) is 0 Å². The molecule has 1 fully saturated rings. The summed E-state index contributed by atoms with van der Waals surface area (Å²) < 4.78 is 5.11. The van der Waals surface area contributed by atoms with Crippen LogP contribution in [0.15, 0.2) is 41.1 Å². The van der Waals surface area contributed by atoms with Crippen LogP contribution in [0, 0.1) is 0 Å². The highest BCUT2D eigenvalue weighted by Crippen LogP contribution is 2.20. The van der Waals surface area contributed by atoms with Crippen LogP contribution in [0.25, 0.3) is 0 Å².